The lowest BCUT2D eigenvalue weighted by Crippen LogP contribution is -2.14. The maximum absolute atomic E-state index is 12.0. The van der Waals surface area contributed by atoms with Crippen molar-refractivity contribution in [2.45, 2.75) is 4.90 Å². The Hall–Kier alpha value is -2.04. The zero-order valence-electron chi connectivity index (χ0n) is 8.88. The molecular weight excluding hydrogens is 276 g/mol. The first-order valence-corrected chi connectivity index (χ1v) is 6.61. The van der Waals surface area contributed by atoms with Gasteiger partial charge >= 0.3 is 0 Å². The predicted molar refractivity (Wildman–Crippen MR) is 65.6 cm³/mol. The van der Waals surface area contributed by atoms with Gasteiger partial charge < -0.3 is 0 Å². The number of rotatable bonds is 3. The van der Waals surface area contributed by atoms with E-state index in [4.69, 9.17) is 16.9 Å². The quantitative estimate of drug-likeness (QED) is 0.895. The number of sulfonamides is 1. The van der Waals surface area contributed by atoms with E-state index >= 15 is 0 Å². The van der Waals surface area contributed by atoms with Gasteiger partial charge in [0.15, 0.2) is 5.82 Å². The highest BCUT2D eigenvalue weighted by Gasteiger charge is 2.19. The average Bonchev–Trinajstić information content (AvgIpc) is 2.76. The lowest BCUT2D eigenvalue weighted by atomic mass is 10.4. The first-order valence-electron chi connectivity index (χ1n) is 4.75. The van der Waals surface area contributed by atoms with Crippen LogP contribution in [0.2, 0.25) is 5.02 Å². The molecule has 6 nitrogen and oxygen atoms in total. The number of aromatic nitrogens is 2. The number of halogens is 1. The second-order valence-corrected chi connectivity index (χ2v) is 5.36. The molecule has 0 aliphatic carbocycles. The Kier molecular flexibility index (Phi) is 3.23. The van der Waals surface area contributed by atoms with Crippen LogP contribution in [0, 0.1) is 11.3 Å². The van der Waals surface area contributed by atoms with Crippen LogP contribution in [0.25, 0.3) is 0 Å². The number of nitriles is 1. The van der Waals surface area contributed by atoms with Crippen molar-refractivity contribution in [1.82, 2.24) is 10.2 Å². The van der Waals surface area contributed by atoms with E-state index in [9.17, 15) is 8.42 Å². The topological polar surface area (TPSA) is 98.6 Å². The first-order chi connectivity index (χ1) is 8.54. The number of hydrogen-bond donors (Lipinski definition) is 2. The van der Waals surface area contributed by atoms with E-state index in [1.807, 2.05) is 6.07 Å². The van der Waals surface area contributed by atoms with Gasteiger partial charge in [0.25, 0.3) is 10.0 Å². The monoisotopic (exact) mass is 282 g/mol. The average molecular weight is 283 g/mol. The summed E-state index contributed by atoms with van der Waals surface area (Å²) >= 11 is 5.81. The normalized spacial score (nSPS) is 10.9. The molecule has 2 rings (SSSR count). The summed E-state index contributed by atoms with van der Waals surface area (Å²) in [6.45, 7) is 0. The van der Waals surface area contributed by atoms with E-state index in [1.54, 1.807) is 12.1 Å². The number of anilines is 1. The van der Waals surface area contributed by atoms with E-state index in [0.29, 0.717) is 0 Å². The second-order valence-electron chi connectivity index (χ2n) is 3.31. The summed E-state index contributed by atoms with van der Waals surface area (Å²) in [5.74, 6) is 0.0115. The number of nitrogens with zero attached hydrogens (tertiary/aromatic N) is 2. The molecule has 0 fully saturated rings. The molecule has 0 radical (unpaired) electrons. The molecule has 0 saturated carbocycles. The Morgan fingerprint density at radius 2 is 2.11 bits per heavy atom. The molecule has 18 heavy (non-hydrogen) atoms. The van der Waals surface area contributed by atoms with E-state index in [1.165, 1.54) is 18.3 Å². The molecule has 0 aliphatic rings. The van der Waals surface area contributed by atoms with Gasteiger partial charge in [-0.3, -0.25) is 9.82 Å². The second kappa shape index (κ2) is 4.68. The molecule has 0 unspecified atom stereocenters. The van der Waals surface area contributed by atoms with Gasteiger partial charge in [0, 0.05) is 0 Å². The molecule has 0 saturated heterocycles. The van der Waals surface area contributed by atoms with Crippen LogP contribution in [0.5, 0.6) is 0 Å². The molecule has 0 atom stereocenters. The molecule has 1 aromatic heterocycles. The minimum Gasteiger partial charge on any atom is -0.263 e. The van der Waals surface area contributed by atoms with Gasteiger partial charge in [-0.15, -0.1) is 0 Å². The van der Waals surface area contributed by atoms with Gasteiger partial charge in [-0.25, -0.2) is 8.42 Å². The summed E-state index contributed by atoms with van der Waals surface area (Å²) in [6, 6.07) is 7.82. The third-order valence-electron chi connectivity index (χ3n) is 2.12. The fraction of sp³-hybridized carbons (Fsp3) is 0. The van der Waals surface area contributed by atoms with Crippen LogP contribution in [-0.2, 0) is 10.0 Å². The van der Waals surface area contributed by atoms with Crippen molar-refractivity contribution in [2.75, 3.05) is 4.72 Å². The van der Waals surface area contributed by atoms with Crippen LogP contribution >= 0.6 is 11.6 Å². The highest BCUT2D eigenvalue weighted by molar-refractivity contribution is 7.92. The van der Waals surface area contributed by atoms with Crippen molar-refractivity contribution in [3.63, 3.8) is 0 Å². The molecule has 0 bridgehead atoms. The number of nitrogens with one attached hydrogen (secondary N) is 2. The third kappa shape index (κ3) is 2.30. The zero-order valence-corrected chi connectivity index (χ0v) is 10.5. The summed E-state index contributed by atoms with van der Waals surface area (Å²) in [5.41, 5.74) is 0.102. The lowest BCUT2D eigenvalue weighted by Gasteiger charge is -2.07. The summed E-state index contributed by atoms with van der Waals surface area (Å²) in [7, 11) is -3.85. The molecular formula is C10H7ClN4O2S. The Morgan fingerprint density at radius 1 is 1.39 bits per heavy atom. The summed E-state index contributed by atoms with van der Waals surface area (Å²) in [5, 5.41) is 14.8. The van der Waals surface area contributed by atoms with Gasteiger partial charge in [0.05, 0.1) is 11.2 Å². The Bertz CT molecular complexity index is 717. The molecule has 0 amide bonds. The van der Waals surface area contributed by atoms with Gasteiger partial charge in [0.1, 0.15) is 16.5 Å². The van der Waals surface area contributed by atoms with Gasteiger partial charge in [-0.1, -0.05) is 23.7 Å². The zero-order chi connectivity index (χ0) is 13.2. The van der Waals surface area contributed by atoms with Crippen LogP contribution in [-0.4, -0.2) is 18.6 Å². The third-order valence-corrected chi connectivity index (χ3v) is 3.97. The molecule has 1 aromatic carbocycles. The van der Waals surface area contributed by atoms with Crippen LogP contribution in [0.15, 0.2) is 35.4 Å². The van der Waals surface area contributed by atoms with E-state index in [0.717, 1.165) is 0 Å². The molecule has 1 heterocycles. The SMILES string of the molecule is N#Cc1cn[nH]c1NS(=O)(=O)c1ccccc1Cl. The number of hydrogen-bond acceptors (Lipinski definition) is 4. The summed E-state index contributed by atoms with van der Waals surface area (Å²) < 4.78 is 26.3. The van der Waals surface area contributed by atoms with Crippen LogP contribution in [0.4, 0.5) is 5.82 Å². The van der Waals surface area contributed by atoms with E-state index < -0.39 is 10.0 Å². The molecule has 2 aromatic rings. The van der Waals surface area contributed by atoms with Crippen molar-refractivity contribution < 1.29 is 8.42 Å². The molecule has 0 aliphatic heterocycles. The van der Waals surface area contributed by atoms with Gasteiger partial charge in [-0.05, 0) is 12.1 Å². The maximum Gasteiger partial charge on any atom is 0.264 e. The summed E-state index contributed by atoms with van der Waals surface area (Å²) in [6.07, 6.45) is 1.23. The lowest BCUT2D eigenvalue weighted by molar-refractivity contribution is 0.601. The Morgan fingerprint density at radius 3 is 2.78 bits per heavy atom. The van der Waals surface area contributed by atoms with Crippen molar-refractivity contribution in [3.05, 3.63) is 41.0 Å². The highest BCUT2D eigenvalue weighted by atomic mass is 35.5. The Balaban J connectivity index is 2.41. The number of benzene rings is 1. The van der Waals surface area contributed by atoms with Crippen LogP contribution in [0.3, 0.4) is 0 Å². The molecule has 92 valence electrons. The van der Waals surface area contributed by atoms with Crippen molar-refractivity contribution in [3.8, 4) is 6.07 Å². The maximum atomic E-state index is 12.0. The highest BCUT2D eigenvalue weighted by Crippen LogP contribution is 2.23. The minimum atomic E-state index is -3.85. The summed E-state index contributed by atoms with van der Waals surface area (Å²) in [4.78, 5) is -0.0647. The van der Waals surface area contributed by atoms with E-state index in [2.05, 4.69) is 14.9 Å². The van der Waals surface area contributed by atoms with Gasteiger partial charge in [-0.2, -0.15) is 10.4 Å². The fourth-order valence-corrected chi connectivity index (χ4v) is 2.86. The predicted octanol–water partition coefficient (Wildman–Crippen LogP) is 1.74. The van der Waals surface area contributed by atoms with Crippen LogP contribution < -0.4 is 4.72 Å². The fourth-order valence-electron chi connectivity index (χ4n) is 1.30. The molecule has 2 N–H and O–H groups in total. The number of aromatic amines is 1. The Labute approximate surface area is 108 Å². The smallest absolute Gasteiger partial charge is 0.263 e. The van der Waals surface area contributed by atoms with Crippen molar-refractivity contribution in [1.29, 1.82) is 5.26 Å². The van der Waals surface area contributed by atoms with Crippen molar-refractivity contribution >= 4 is 27.4 Å². The van der Waals surface area contributed by atoms with Crippen LogP contribution in [0.1, 0.15) is 5.56 Å². The number of H-pyrrole nitrogens is 1. The van der Waals surface area contributed by atoms with E-state index in [-0.39, 0.29) is 21.3 Å². The first kappa shape index (κ1) is 12.4. The standard InChI is InChI=1S/C10H7ClN4O2S/c11-8-3-1-2-4-9(8)18(16,17)15-10-7(5-12)6-13-14-10/h1-4,6H,(H2,13,14,15). The molecule has 0 spiro atoms. The minimum absolute atomic E-state index is 0.0115. The molecule has 8 heteroatoms. The van der Waals surface area contributed by atoms with Crippen molar-refractivity contribution in [2.24, 2.45) is 0 Å². The largest absolute Gasteiger partial charge is 0.264 e. The van der Waals surface area contributed by atoms with Gasteiger partial charge in [0.2, 0.25) is 0 Å².